The van der Waals surface area contributed by atoms with Gasteiger partial charge in [0.2, 0.25) is 0 Å². The summed E-state index contributed by atoms with van der Waals surface area (Å²) >= 11 is 0. The largest absolute Gasteiger partial charge is 0.497 e. The fourth-order valence-corrected chi connectivity index (χ4v) is 2.32. The van der Waals surface area contributed by atoms with Gasteiger partial charge in [0.1, 0.15) is 5.75 Å². The fraction of sp³-hybridized carbons (Fsp3) is 0.500. The molecule has 1 aliphatic rings. The van der Waals surface area contributed by atoms with Crippen molar-refractivity contribution in [3.63, 3.8) is 0 Å². The molecule has 0 bridgehead atoms. The quantitative estimate of drug-likeness (QED) is 0.753. The van der Waals surface area contributed by atoms with E-state index in [2.05, 4.69) is 12.1 Å². The van der Waals surface area contributed by atoms with Crippen LogP contribution in [-0.4, -0.2) is 19.7 Å². The predicted molar refractivity (Wildman–Crippen MR) is 65.1 cm³/mol. The first-order chi connectivity index (χ1) is 8.24. The van der Waals surface area contributed by atoms with E-state index in [4.69, 9.17) is 9.47 Å². The summed E-state index contributed by atoms with van der Waals surface area (Å²) in [6.07, 6.45) is 2.59. The molecule has 0 radical (unpaired) electrons. The van der Waals surface area contributed by atoms with Crippen LogP contribution >= 0.6 is 0 Å². The number of methoxy groups -OCH3 is 1. The second kappa shape index (κ2) is 5.21. The molecule has 3 nitrogen and oxygen atoms in total. The summed E-state index contributed by atoms with van der Waals surface area (Å²) in [4.78, 5) is 11.7. The molecule has 0 unspecified atom stereocenters. The Morgan fingerprint density at radius 2 is 2.24 bits per heavy atom. The Balaban J connectivity index is 2.11. The van der Waals surface area contributed by atoms with Gasteiger partial charge in [-0.2, -0.15) is 0 Å². The molecule has 1 aromatic rings. The smallest absolute Gasteiger partial charge is 0.309 e. The first kappa shape index (κ1) is 12.0. The molecule has 0 saturated carbocycles. The van der Waals surface area contributed by atoms with E-state index in [1.54, 1.807) is 7.11 Å². The number of hydrogen-bond acceptors (Lipinski definition) is 3. The van der Waals surface area contributed by atoms with Crippen LogP contribution in [0, 0.1) is 5.92 Å². The van der Waals surface area contributed by atoms with E-state index >= 15 is 0 Å². The summed E-state index contributed by atoms with van der Waals surface area (Å²) in [7, 11) is 1.67. The van der Waals surface area contributed by atoms with Crippen molar-refractivity contribution in [2.45, 2.75) is 26.2 Å². The highest BCUT2D eigenvalue weighted by Crippen LogP contribution is 2.29. The lowest BCUT2D eigenvalue weighted by Crippen LogP contribution is -2.24. The number of carbonyl (C=O) groups excluding carboxylic acids is 1. The molecule has 1 atom stereocenters. The van der Waals surface area contributed by atoms with Crippen LogP contribution < -0.4 is 4.74 Å². The topological polar surface area (TPSA) is 35.5 Å². The zero-order chi connectivity index (χ0) is 12.3. The zero-order valence-electron chi connectivity index (χ0n) is 10.4. The van der Waals surface area contributed by atoms with E-state index < -0.39 is 0 Å². The van der Waals surface area contributed by atoms with Gasteiger partial charge in [-0.3, -0.25) is 4.79 Å². The summed E-state index contributed by atoms with van der Waals surface area (Å²) in [6, 6.07) is 6.07. The third-order valence-corrected chi connectivity index (χ3v) is 3.26. The Kier molecular flexibility index (Phi) is 3.67. The third kappa shape index (κ3) is 2.60. The minimum atomic E-state index is -0.0611. The SMILES string of the molecule is CCOC(=O)[C@H]1CCc2cc(OC)ccc2C1. The Labute approximate surface area is 102 Å². The van der Waals surface area contributed by atoms with E-state index in [1.165, 1.54) is 11.1 Å². The Bertz CT molecular complexity index is 412. The first-order valence-electron chi connectivity index (χ1n) is 6.07. The van der Waals surface area contributed by atoms with Gasteiger partial charge in [0.15, 0.2) is 0 Å². The molecule has 0 spiro atoms. The van der Waals surface area contributed by atoms with Gasteiger partial charge >= 0.3 is 5.97 Å². The zero-order valence-corrected chi connectivity index (χ0v) is 10.4. The Morgan fingerprint density at radius 1 is 1.41 bits per heavy atom. The van der Waals surface area contributed by atoms with E-state index in [0.29, 0.717) is 6.61 Å². The van der Waals surface area contributed by atoms with Crippen LogP contribution in [0.1, 0.15) is 24.5 Å². The second-order valence-electron chi connectivity index (χ2n) is 4.33. The lowest BCUT2D eigenvalue weighted by Gasteiger charge is -2.23. The number of carbonyl (C=O) groups is 1. The van der Waals surface area contributed by atoms with Crippen molar-refractivity contribution in [1.82, 2.24) is 0 Å². The maximum Gasteiger partial charge on any atom is 0.309 e. The Hall–Kier alpha value is -1.51. The van der Waals surface area contributed by atoms with Crippen LogP contribution in [0.4, 0.5) is 0 Å². The van der Waals surface area contributed by atoms with E-state index in [0.717, 1.165) is 25.0 Å². The highest BCUT2D eigenvalue weighted by molar-refractivity contribution is 5.73. The van der Waals surface area contributed by atoms with Crippen LogP contribution in [0.5, 0.6) is 5.75 Å². The summed E-state index contributed by atoms with van der Waals surface area (Å²) in [6.45, 7) is 2.31. The number of fused-ring (bicyclic) bond motifs is 1. The fourth-order valence-electron chi connectivity index (χ4n) is 2.32. The van der Waals surface area contributed by atoms with Crippen LogP contribution in [0.15, 0.2) is 18.2 Å². The van der Waals surface area contributed by atoms with Crippen molar-refractivity contribution in [3.05, 3.63) is 29.3 Å². The van der Waals surface area contributed by atoms with Crippen molar-refractivity contribution in [2.75, 3.05) is 13.7 Å². The predicted octanol–water partition coefficient (Wildman–Crippen LogP) is 2.36. The summed E-state index contributed by atoms with van der Waals surface area (Å²) in [5.74, 6) is 0.850. The van der Waals surface area contributed by atoms with Gasteiger partial charge in [0.25, 0.3) is 0 Å². The summed E-state index contributed by atoms with van der Waals surface area (Å²) < 4.78 is 10.3. The van der Waals surface area contributed by atoms with E-state index in [-0.39, 0.29) is 11.9 Å². The number of rotatable bonds is 3. The summed E-state index contributed by atoms with van der Waals surface area (Å²) in [5, 5.41) is 0. The lowest BCUT2D eigenvalue weighted by atomic mass is 9.84. The highest BCUT2D eigenvalue weighted by atomic mass is 16.5. The molecule has 0 N–H and O–H groups in total. The maximum atomic E-state index is 11.7. The van der Waals surface area contributed by atoms with Gasteiger partial charge in [0, 0.05) is 0 Å². The average molecular weight is 234 g/mol. The molecule has 0 fully saturated rings. The third-order valence-electron chi connectivity index (χ3n) is 3.26. The molecular weight excluding hydrogens is 216 g/mol. The van der Waals surface area contributed by atoms with Gasteiger partial charge in [-0.1, -0.05) is 6.07 Å². The molecule has 0 saturated heterocycles. The molecular formula is C14H18O3. The van der Waals surface area contributed by atoms with Crippen molar-refractivity contribution in [3.8, 4) is 5.75 Å². The monoisotopic (exact) mass is 234 g/mol. The number of benzene rings is 1. The second-order valence-corrected chi connectivity index (χ2v) is 4.33. The molecule has 0 aromatic heterocycles. The van der Waals surface area contributed by atoms with E-state index in [9.17, 15) is 4.79 Å². The molecule has 92 valence electrons. The number of aryl methyl sites for hydroxylation is 1. The van der Waals surface area contributed by atoms with Crippen LogP contribution in [-0.2, 0) is 22.4 Å². The van der Waals surface area contributed by atoms with Crippen molar-refractivity contribution in [2.24, 2.45) is 5.92 Å². The van der Waals surface area contributed by atoms with Crippen LogP contribution in [0.3, 0.4) is 0 Å². The van der Waals surface area contributed by atoms with Gasteiger partial charge in [-0.15, -0.1) is 0 Å². The van der Waals surface area contributed by atoms with Crippen LogP contribution in [0.25, 0.3) is 0 Å². The molecule has 0 amide bonds. The molecule has 17 heavy (non-hydrogen) atoms. The number of hydrogen-bond donors (Lipinski definition) is 0. The van der Waals surface area contributed by atoms with Crippen LogP contribution in [0.2, 0.25) is 0 Å². The summed E-state index contributed by atoms with van der Waals surface area (Å²) in [5.41, 5.74) is 2.54. The van der Waals surface area contributed by atoms with Gasteiger partial charge < -0.3 is 9.47 Å². The Morgan fingerprint density at radius 3 is 2.94 bits per heavy atom. The normalized spacial score (nSPS) is 18.4. The average Bonchev–Trinajstić information content (AvgIpc) is 2.37. The van der Waals surface area contributed by atoms with Gasteiger partial charge in [0.05, 0.1) is 19.6 Å². The standard InChI is InChI=1S/C14H18O3/c1-3-17-14(15)12-5-4-11-9-13(16-2)7-6-10(11)8-12/h6-7,9,12H,3-5,8H2,1-2H3/t12-/m0/s1. The minimum absolute atomic E-state index is 0.0239. The van der Waals surface area contributed by atoms with Gasteiger partial charge in [-0.25, -0.2) is 0 Å². The van der Waals surface area contributed by atoms with Crippen molar-refractivity contribution < 1.29 is 14.3 Å². The molecule has 1 aliphatic carbocycles. The number of ether oxygens (including phenoxy) is 2. The molecule has 0 heterocycles. The molecule has 1 aromatic carbocycles. The van der Waals surface area contributed by atoms with Gasteiger partial charge in [-0.05, 0) is 49.4 Å². The lowest BCUT2D eigenvalue weighted by molar-refractivity contribution is -0.148. The van der Waals surface area contributed by atoms with E-state index in [1.807, 2.05) is 13.0 Å². The van der Waals surface area contributed by atoms with Crippen molar-refractivity contribution >= 4 is 5.97 Å². The molecule has 0 aliphatic heterocycles. The first-order valence-corrected chi connectivity index (χ1v) is 6.07. The molecule has 3 heteroatoms. The highest BCUT2D eigenvalue weighted by Gasteiger charge is 2.25. The minimum Gasteiger partial charge on any atom is -0.497 e. The van der Waals surface area contributed by atoms with Crippen molar-refractivity contribution in [1.29, 1.82) is 0 Å². The maximum absolute atomic E-state index is 11.7. The number of esters is 1. The molecule has 2 rings (SSSR count).